The van der Waals surface area contributed by atoms with Crippen LogP contribution < -0.4 is 10.5 Å². The van der Waals surface area contributed by atoms with Crippen LogP contribution in [0.5, 0.6) is 5.75 Å². The highest BCUT2D eigenvalue weighted by molar-refractivity contribution is 5.48. The number of aryl methyl sites for hydroxylation is 1. The maximum absolute atomic E-state index is 5.99. The van der Waals surface area contributed by atoms with Crippen molar-refractivity contribution in [3.8, 4) is 5.75 Å². The van der Waals surface area contributed by atoms with Gasteiger partial charge in [0.2, 0.25) is 0 Å². The fraction of sp³-hybridized carbons (Fsp3) is 0.538. The second-order valence-electron chi connectivity index (χ2n) is 4.40. The molecule has 0 amide bonds. The molecule has 0 spiro atoms. The van der Waals surface area contributed by atoms with Crippen molar-refractivity contribution in [2.75, 3.05) is 5.73 Å². The van der Waals surface area contributed by atoms with E-state index < -0.39 is 0 Å². The summed E-state index contributed by atoms with van der Waals surface area (Å²) >= 11 is 0. The summed E-state index contributed by atoms with van der Waals surface area (Å²) in [5, 5.41) is 0. The summed E-state index contributed by atoms with van der Waals surface area (Å²) < 4.78 is 5.99. The molecule has 1 aromatic rings. The van der Waals surface area contributed by atoms with E-state index >= 15 is 0 Å². The van der Waals surface area contributed by atoms with Crippen LogP contribution in [0.25, 0.3) is 0 Å². The number of hydrogen-bond donors (Lipinski definition) is 1. The summed E-state index contributed by atoms with van der Waals surface area (Å²) in [4.78, 5) is 0. The van der Waals surface area contributed by atoms with Gasteiger partial charge in [-0.3, -0.25) is 0 Å². The lowest BCUT2D eigenvalue weighted by atomic mass is 9.98. The maximum atomic E-state index is 5.99. The number of rotatable bonds is 2. The van der Waals surface area contributed by atoms with Crippen molar-refractivity contribution in [2.45, 2.75) is 45.1 Å². The first-order valence-corrected chi connectivity index (χ1v) is 5.78. The zero-order valence-electron chi connectivity index (χ0n) is 9.33. The molecule has 82 valence electrons. The van der Waals surface area contributed by atoms with Crippen molar-refractivity contribution in [2.24, 2.45) is 0 Å². The molecule has 1 aromatic carbocycles. The Morgan fingerprint density at radius 1 is 1.20 bits per heavy atom. The van der Waals surface area contributed by atoms with Gasteiger partial charge in [0, 0.05) is 11.8 Å². The lowest BCUT2D eigenvalue weighted by molar-refractivity contribution is 0.154. The molecule has 0 aromatic heterocycles. The fourth-order valence-corrected chi connectivity index (χ4v) is 2.11. The third kappa shape index (κ3) is 2.65. The third-order valence-corrected chi connectivity index (χ3v) is 3.06. The molecular weight excluding hydrogens is 186 g/mol. The molecule has 0 heterocycles. The average Bonchev–Trinajstić information content (AvgIpc) is 2.25. The first-order valence-electron chi connectivity index (χ1n) is 5.78. The van der Waals surface area contributed by atoms with E-state index in [-0.39, 0.29) is 0 Å². The Morgan fingerprint density at radius 3 is 2.67 bits per heavy atom. The van der Waals surface area contributed by atoms with Crippen molar-refractivity contribution in [1.29, 1.82) is 0 Å². The molecule has 2 N–H and O–H groups in total. The summed E-state index contributed by atoms with van der Waals surface area (Å²) in [6.45, 7) is 2.07. The van der Waals surface area contributed by atoms with Crippen LogP contribution in [0.1, 0.15) is 37.7 Å². The molecule has 2 rings (SSSR count). The molecule has 1 aliphatic carbocycles. The highest BCUT2D eigenvalue weighted by Crippen LogP contribution is 2.27. The summed E-state index contributed by atoms with van der Waals surface area (Å²) in [5.41, 5.74) is 7.71. The lowest BCUT2D eigenvalue weighted by Gasteiger charge is -2.24. The van der Waals surface area contributed by atoms with E-state index in [0.717, 1.165) is 11.4 Å². The van der Waals surface area contributed by atoms with Gasteiger partial charge in [0.25, 0.3) is 0 Å². The number of anilines is 1. The molecule has 1 saturated carbocycles. The van der Waals surface area contributed by atoms with E-state index in [2.05, 4.69) is 6.92 Å². The first-order chi connectivity index (χ1) is 7.25. The Hall–Kier alpha value is -1.18. The van der Waals surface area contributed by atoms with Gasteiger partial charge < -0.3 is 10.5 Å². The maximum Gasteiger partial charge on any atom is 0.124 e. The molecule has 0 aliphatic heterocycles. The van der Waals surface area contributed by atoms with Gasteiger partial charge in [-0.1, -0.05) is 12.5 Å². The Labute approximate surface area is 91.4 Å². The molecule has 2 heteroatoms. The Morgan fingerprint density at radius 2 is 1.93 bits per heavy atom. The van der Waals surface area contributed by atoms with E-state index in [1.807, 2.05) is 18.2 Å². The second-order valence-corrected chi connectivity index (χ2v) is 4.40. The zero-order valence-corrected chi connectivity index (χ0v) is 9.33. The topological polar surface area (TPSA) is 35.2 Å². The number of nitrogens with two attached hydrogens (primary N) is 1. The van der Waals surface area contributed by atoms with Crippen LogP contribution in [0.4, 0.5) is 5.69 Å². The summed E-state index contributed by atoms with van der Waals surface area (Å²) in [5.74, 6) is 0.960. The van der Waals surface area contributed by atoms with Gasteiger partial charge in [0.15, 0.2) is 0 Å². The molecule has 0 atom stereocenters. The van der Waals surface area contributed by atoms with Crippen LogP contribution >= 0.6 is 0 Å². The molecule has 0 radical (unpaired) electrons. The minimum Gasteiger partial charge on any atom is -0.490 e. The quantitative estimate of drug-likeness (QED) is 0.752. The SMILES string of the molecule is Cc1ccc(N)cc1OC1CCCCC1. The van der Waals surface area contributed by atoms with Crippen LogP contribution in [-0.2, 0) is 0 Å². The number of benzene rings is 1. The fourth-order valence-electron chi connectivity index (χ4n) is 2.11. The lowest BCUT2D eigenvalue weighted by Crippen LogP contribution is -2.20. The van der Waals surface area contributed by atoms with Gasteiger partial charge in [0.05, 0.1) is 6.10 Å². The second kappa shape index (κ2) is 4.56. The van der Waals surface area contributed by atoms with Gasteiger partial charge in [0.1, 0.15) is 5.75 Å². The third-order valence-electron chi connectivity index (χ3n) is 3.06. The minimum atomic E-state index is 0.402. The Kier molecular flexibility index (Phi) is 3.14. The van der Waals surface area contributed by atoms with E-state index in [0.29, 0.717) is 6.10 Å². The van der Waals surface area contributed by atoms with Crippen molar-refractivity contribution in [1.82, 2.24) is 0 Å². The van der Waals surface area contributed by atoms with Crippen LogP contribution in [0, 0.1) is 6.92 Å². The highest BCUT2D eigenvalue weighted by atomic mass is 16.5. The zero-order chi connectivity index (χ0) is 10.7. The molecule has 1 aliphatic rings. The minimum absolute atomic E-state index is 0.402. The van der Waals surface area contributed by atoms with Crippen molar-refractivity contribution in [3.63, 3.8) is 0 Å². The molecule has 15 heavy (non-hydrogen) atoms. The smallest absolute Gasteiger partial charge is 0.124 e. The van der Waals surface area contributed by atoms with E-state index in [1.54, 1.807) is 0 Å². The molecule has 0 bridgehead atoms. The standard InChI is InChI=1S/C13H19NO/c1-10-7-8-11(14)9-13(10)15-12-5-3-2-4-6-12/h7-9,12H,2-6,14H2,1H3. The Balaban J connectivity index is 2.05. The van der Waals surface area contributed by atoms with E-state index in [9.17, 15) is 0 Å². The normalized spacial score (nSPS) is 17.7. The van der Waals surface area contributed by atoms with Gasteiger partial charge in [-0.2, -0.15) is 0 Å². The van der Waals surface area contributed by atoms with Gasteiger partial charge in [-0.15, -0.1) is 0 Å². The largest absolute Gasteiger partial charge is 0.490 e. The van der Waals surface area contributed by atoms with Crippen molar-refractivity contribution >= 4 is 5.69 Å². The predicted octanol–water partition coefficient (Wildman–Crippen LogP) is 3.29. The monoisotopic (exact) mass is 205 g/mol. The van der Waals surface area contributed by atoms with Crippen molar-refractivity contribution in [3.05, 3.63) is 23.8 Å². The highest BCUT2D eigenvalue weighted by Gasteiger charge is 2.15. The first kappa shape index (κ1) is 10.3. The van der Waals surface area contributed by atoms with E-state index in [1.165, 1.54) is 37.7 Å². The molecule has 0 unspecified atom stereocenters. The number of hydrogen-bond acceptors (Lipinski definition) is 2. The predicted molar refractivity (Wildman–Crippen MR) is 63.1 cm³/mol. The summed E-state index contributed by atoms with van der Waals surface area (Å²) in [6.07, 6.45) is 6.73. The van der Waals surface area contributed by atoms with Crippen LogP contribution in [0.15, 0.2) is 18.2 Å². The van der Waals surface area contributed by atoms with Crippen LogP contribution in [-0.4, -0.2) is 6.10 Å². The van der Waals surface area contributed by atoms with Crippen LogP contribution in [0.3, 0.4) is 0 Å². The van der Waals surface area contributed by atoms with E-state index in [4.69, 9.17) is 10.5 Å². The Bertz CT molecular complexity index is 329. The van der Waals surface area contributed by atoms with Crippen molar-refractivity contribution < 1.29 is 4.74 Å². The van der Waals surface area contributed by atoms with Gasteiger partial charge in [-0.25, -0.2) is 0 Å². The average molecular weight is 205 g/mol. The number of nitrogen functional groups attached to an aromatic ring is 1. The summed E-state index contributed by atoms with van der Waals surface area (Å²) in [6, 6.07) is 5.88. The molecule has 2 nitrogen and oxygen atoms in total. The molecule has 0 saturated heterocycles. The molecule has 1 fully saturated rings. The van der Waals surface area contributed by atoms with Gasteiger partial charge >= 0.3 is 0 Å². The number of ether oxygens (including phenoxy) is 1. The van der Waals surface area contributed by atoms with Gasteiger partial charge in [-0.05, 0) is 44.2 Å². The van der Waals surface area contributed by atoms with Crippen LogP contribution in [0.2, 0.25) is 0 Å². The summed E-state index contributed by atoms with van der Waals surface area (Å²) in [7, 11) is 0. The molecular formula is C13H19NO.